The van der Waals surface area contributed by atoms with Crippen molar-refractivity contribution in [2.45, 2.75) is 57.7 Å². The molecule has 3 heterocycles. The molecule has 28 heavy (non-hydrogen) atoms. The number of rotatable bonds is 4. The van der Waals surface area contributed by atoms with Crippen molar-refractivity contribution in [3.8, 4) is 11.4 Å². The van der Waals surface area contributed by atoms with Crippen molar-refractivity contribution in [2.24, 2.45) is 0 Å². The van der Waals surface area contributed by atoms with Gasteiger partial charge >= 0.3 is 0 Å². The number of ether oxygens (including phenoxy) is 1. The lowest BCUT2D eigenvalue weighted by Crippen LogP contribution is -2.60. The third-order valence-corrected chi connectivity index (χ3v) is 5.03. The number of methoxy groups -OCH3 is 1. The number of hydrogen-bond acceptors (Lipinski definition) is 7. The van der Waals surface area contributed by atoms with Crippen LogP contribution in [0.15, 0.2) is 30.5 Å². The van der Waals surface area contributed by atoms with Crippen LogP contribution >= 0.6 is 0 Å². The highest BCUT2D eigenvalue weighted by atomic mass is 16.5. The summed E-state index contributed by atoms with van der Waals surface area (Å²) in [6.45, 7) is 8.93. The van der Waals surface area contributed by atoms with Gasteiger partial charge in [0.25, 0.3) is 0 Å². The summed E-state index contributed by atoms with van der Waals surface area (Å²) < 4.78 is 6.95. The summed E-state index contributed by atoms with van der Waals surface area (Å²) in [5.74, 6) is 1.39. The zero-order valence-corrected chi connectivity index (χ0v) is 17.0. The molecule has 1 fully saturated rings. The molecule has 2 N–H and O–H groups in total. The zero-order valence-electron chi connectivity index (χ0n) is 17.0. The van der Waals surface area contributed by atoms with Crippen LogP contribution < -0.4 is 15.4 Å². The zero-order chi connectivity index (χ0) is 19.9. The second-order valence-corrected chi connectivity index (χ2v) is 8.74. The van der Waals surface area contributed by atoms with Gasteiger partial charge in [0.2, 0.25) is 5.95 Å². The van der Waals surface area contributed by atoms with Gasteiger partial charge in [0.1, 0.15) is 5.75 Å². The minimum absolute atomic E-state index is 0.0515. The third kappa shape index (κ3) is 3.77. The van der Waals surface area contributed by atoms with Gasteiger partial charge in [-0.3, -0.25) is 0 Å². The van der Waals surface area contributed by atoms with E-state index < -0.39 is 0 Å². The minimum Gasteiger partial charge on any atom is -0.497 e. The number of hydrogen-bond donors (Lipinski definition) is 2. The average Bonchev–Trinajstić information content (AvgIpc) is 3.02. The summed E-state index contributed by atoms with van der Waals surface area (Å²) in [6, 6.07) is 7.93. The predicted octanol–water partition coefficient (Wildman–Crippen LogP) is 2.94. The van der Waals surface area contributed by atoms with Crippen molar-refractivity contribution in [2.75, 3.05) is 12.4 Å². The maximum atomic E-state index is 5.23. The molecule has 0 saturated carbocycles. The molecule has 8 nitrogen and oxygen atoms in total. The summed E-state index contributed by atoms with van der Waals surface area (Å²) in [6.07, 6.45) is 3.71. The molecule has 1 saturated heterocycles. The van der Waals surface area contributed by atoms with Crippen molar-refractivity contribution in [3.05, 3.63) is 30.5 Å². The summed E-state index contributed by atoms with van der Waals surface area (Å²) in [7, 11) is 1.65. The van der Waals surface area contributed by atoms with Crippen molar-refractivity contribution >= 4 is 17.1 Å². The number of nitrogens with one attached hydrogen (secondary N) is 2. The van der Waals surface area contributed by atoms with E-state index in [-0.39, 0.29) is 17.1 Å². The van der Waals surface area contributed by atoms with Crippen LogP contribution in [0.5, 0.6) is 5.75 Å². The number of piperidine rings is 1. The Bertz CT molecular complexity index is 962. The molecule has 1 aliphatic heterocycles. The van der Waals surface area contributed by atoms with Crippen molar-refractivity contribution < 1.29 is 4.74 Å². The predicted molar refractivity (Wildman–Crippen MR) is 109 cm³/mol. The first-order chi connectivity index (χ1) is 13.2. The molecular formula is C20H27N7O. The van der Waals surface area contributed by atoms with Crippen molar-refractivity contribution in [1.82, 2.24) is 30.3 Å². The fourth-order valence-electron chi connectivity index (χ4n) is 4.30. The number of benzene rings is 1. The van der Waals surface area contributed by atoms with E-state index in [1.165, 1.54) is 0 Å². The van der Waals surface area contributed by atoms with Gasteiger partial charge in [-0.05, 0) is 64.8 Å². The van der Waals surface area contributed by atoms with Crippen LogP contribution in [0.25, 0.3) is 16.9 Å². The van der Waals surface area contributed by atoms with E-state index in [9.17, 15) is 0 Å². The van der Waals surface area contributed by atoms with E-state index in [4.69, 9.17) is 9.72 Å². The minimum atomic E-state index is 0.0515. The lowest BCUT2D eigenvalue weighted by Gasteiger charge is -2.46. The Balaban J connectivity index is 1.62. The van der Waals surface area contributed by atoms with E-state index >= 15 is 0 Å². The van der Waals surface area contributed by atoms with Crippen LogP contribution in [0.4, 0.5) is 5.95 Å². The first-order valence-electron chi connectivity index (χ1n) is 9.53. The summed E-state index contributed by atoms with van der Waals surface area (Å²) >= 11 is 0. The highest BCUT2D eigenvalue weighted by molar-refractivity contribution is 5.72. The second kappa shape index (κ2) is 6.70. The van der Waals surface area contributed by atoms with Crippen molar-refractivity contribution in [3.63, 3.8) is 0 Å². The largest absolute Gasteiger partial charge is 0.497 e. The topological polar surface area (TPSA) is 89.8 Å². The Morgan fingerprint density at radius 2 is 1.79 bits per heavy atom. The van der Waals surface area contributed by atoms with Gasteiger partial charge in [-0.2, -0.15) is 9.67 Å². The Morgan fingerprint density at radius 1 is 1.11 bits per heavy atom. The maximum absolute atomic E-state index is 5.23. The van der Waals surface area contributed by atoms with Gasteiger partial charge in [-0.25, -0.2) is 4.98 Å². The summed E-state index contributed by atoms with van der Waals surface area (Å²) in [5, 5.41) is 15.6. The molecule has 2 aromatic heterocycles. The molecule has 3 aromatic rings. The quantitative estimate of drug-likeness (QED) is 0.718. The number of nitrogens with zero attached hydrogens (tertiary/aromatic N) is 5. The van der Waals surface area contributed by atoms with E-state index in [1.54, 1.807) is 18.0 Å². The molecule has 0 spiro atoms. The van der Waals surface area contributed by atoms with Crippen LogP contribution in [0.2, 0.25) is 0 Å². The summed E-state index contributed by atoms with van der Waals surface area (Å²) in [5.41, 5.74) is 2.31. The molecule has 0 bridgehead atoms. The van der Waals surface area contributed by atoms with Gasteiger partial charge in [0.15, 0.2) is 11.2 Å². The molecular weight excluding hydrogens is 354 g/mol. The SMILES string of the molecule is COc1ccc(-n2nnc3cnc(NC4CC(C)(C)NC(C)(C)C4)nc32)cc1. The highest BCUT2D eigenvalue weighted by Crippen LogP contribution is 2.30. The first-order valence-corrected chi connectivity index (χ1v) is 9.53. The Kier molecular flexibility index (Phi) is 4.45. The molecule has 0 radical (unpaired) electrons. The maximum Gasteiger partial charge on any atom is 0.225 e. The fourth-order valence-corrected chi connectivity index (χ4v) is 4.30. The molecule has 0 aliphatic carbocycles. The lowest BCUT2D eigenvalue weighted by atomic mass is 9.80. The van der Waals surface area contributed by atoms with Crippen molar-refractivity contribution in [1.29, 1.82) is 0 Å². The van der Waals surface area contributed by atoms with E-state index in [1.807, 2.05) is 24.3 Å². The normalized spacial score (nSPS) is 18.9. The van der Waals surface area contributed by atoms with Crippen LogP contribution in [0, 0.1) is 0 Å². The molecule has 0 amide bonds. The first kappa shape index (κ1) is 18.6. The smallest absolute Gasteiger partial charge is 0.225 e. The van der Waals surface area contributed by atoms with Gasteiger partial charge < -0.3 is 15.4 Å². The van der Waals surface area contributed by atoms with E-state index in [0.717, 1.165) is 24.3 Å². The van der Waals surface area contributed by atoms with Gasteiger partial charge in [0, 0.05) is 17.1 Å². The lowest BCUT2D eigenvalue weighted by molar-refractivity contribution is 0.170. The van der Waals surface area contributed by atoms with Crippen LogP contribution in [-0.4, -0.2) is 49.2 Å². The molecule has 1 aromatic carbocycles. The van der Waals surface area contributed by atoms with Crippen LogP contribution in [0.1, 0.15) is 40.5 Å². The standard InChI is InChI=1S/C20H27N7O/c1-19(2)10-13(11-20(3,4)25-19)22-18-21-12-16-17(23-18)27(26-24-16)14-6-8-15(28-5)9-7-14/h6-9,12-13,25H,10-11H2,1-5H3,(H,21,22,23). The van der Waals surface area contributed by atoms with Gasteiger partial charge in [-0.15, -0.1) is 5.10 Å². The number of aromatic nitrogens is 5. The highest BCUT2D eigenvalue weighted by Gasteiger charge is 2.37. The molecule has 8 heteroatoms. The molecule has 1 aliphatic rings. The van der Waals surface area contributed by atoms with Crippen LogP contribution in [0.3, 0.4) is 0 Å². The molecule has 148 valence electrons. The van der Waals surface area contributed by atoms with E-state index in [0.29, 0.717) is 17.1 Å². The fraction of sp³-hybridized carbons (Fsp3) is 0.500. The Morgan fingerprint density at radius 3 is 2.43 bits per heavy atom. The summed E-state index contributed by atoms with van der Waals surface area (Å²) in [4.78, 5) is 9.16. The average molecular weight is 381 g/mol. The molecule has 0 unspecified atom stereocenters. The Hall–Kier alpha value is -2.74. The molecule has 0 atom stereocenters. The monoisotopic (exact) mass is 381 g/mol. The molecule has 4 rings (SSSR count). The Labute approximate surface area is 164 Å². The van der Waals surface area contributed by atoms with Gasteiger partial charge in [0.05, 0.1) is 19.0 Å². The number of anilines is 1. The van der Waals surface area contributed by atoms with Crippen LogP contribution in [-0.2, 0) is 0 Å². The second-order valence-electron chi connectivity index (χ2n) is 8.74. The van der Waals surface area contributed by atoms with Gasteiger partial charge in [-0.1, -0.05) is 5.21 Å². The van der Waals surface area contributed by atoms with E-state index in [2.05, 4.69) is 53.6 Å². The third-order valence-electron chi connectivity index (χ3n) is 5.03. The number of fused-ring (bicyclic) bond motifs is 1.